The molecular formula is C23H24FNO6. The van der Waals surface area contributed by atoms with Crippen LogP contribution < -0.4 is 0 Å². The molecule has 2 heterocycles. The lowest BCUT2D eigenvalue weighted by molar-refractivity contribution is -0.140. The average Bonchev–Trinajstić information content (AvgIpc) is 3.32. The Kier molecular flexibility index (Phi) is 6.29. The van der Waals surface area contributed by atoms with Gasteiger partial charge in [0.2, 0.25) is 0 Å². The van der Waals surface area contributed by atoms with Crippen LogP contribution in [0.3, 0.4) is 0 Å². The summed E-state index contributed by atoms with van der Waals surface area (Å²) in [6.45, 7) is 5.23. The fourth-order valence-corrected chi connectivity index (χ4v) is 3.17. The van der Waals surface area contributed by atoms with Crippen molar-refractivity contribution in [1.82, 2.24) is 4.57 Å². The van der Waals surface area contributed by atoms with Gasteiger partial charge in [0.1, 0.15) is 11.4 Å². The Morgan fingerprint density at radius 1 is 1.16 bits per heavy atom. The third-order valence-electron chi connectivity index (χ3n) is 4.57. The first kappa shape index (κ1) is 22.3. The van der Waals surface area contributed by atoms with Gasteiger partial charge in [0.25, 0.3) is 0 Å². The van der Waals surface area contributed by atoms with Gasteiger partial charge in [-0.15, -0.1) is 0 Å². The number of furan rings is 1. The molecule has 0 aliphatic carbocycles. The number of carbonyl (C=O) groups excluding carboxylic acids is 3. The summed E-state index contributed by atoms with van der Waals surface area (Å²) in [5.41, 5.74) is 0.474. The summed E-state index contributed by atoms with van der Waals surface area (Å²) in [4.78, 5) is 36.2. The predicted molar refractivity (Wildman–Crippen MR) is 111 cm³/mol. The molecule has 0 N–H and O–H groups in total. The van der Waals surface area contributed by atoms with Crippen LogP contribution in [-0.4, -0.2) is 35.1 Å². The molecule has 2 aromatic heterocycles. The SMILES string of the molecule is COC(=O)CCCC(=O)c1cc(-c2cn(C(=O)OC(C)(C)C)c3cccc(F)c23)co1. The van der Waals surface area contributed by atoms with Crippen LogP contribution in [0, 0.1) is 5.82 Å². The number of hydrogen-bond donors (Lipinski definition) is 0. The molecule has 0 unspecified atom stereocenters. The Morgan fingerprint density at radius 3 is 2.58 bits per heavy atom. The van der Waals surface area contributed by atoms with Crippen LogP contribution in [0.5, 0.6) is 0 Å². The fourth-order valence-electron chi connectivity index (χ4n) is 3.17. The van der Waals surface area contributed by atoms with Crippen molar-refractivity contribution in [3.63, 3.8) is 0 Å². The van der Waals surface area contributed by atoms with Crippen molar-refractivity contribution in [1.29, 1.82) is 0 Å². The van der Waals surface area contributed by atoms with E-state index in [1.807, 2.05) is 0 Å². The normalized spacial score (nSPS) is 11.5. The van der Waals surface area contributed by atoms with Crippen molar-refractivity contribution in [2.24, 2.45) is 0 Å². The van der Waals surface area contributed by atoms with E-state index in [1.54, 1.807) is 26.8 Å². The molecule has 3 rings (SSSR count). The number of halogens is 1. The molecule has 164 valence electrons. The number of Topliss-reactive ketones (excluding diaryl/α,β-unsaturated/α-hetero) is 1. The highest BCUT2D eigenvalue weighted by atomic mass is 19.1. The topological polar surface area (TPSA) is 87.7 Å². The third-order valence-corrected chi connectivity index (χ3v) is 4.57. The molecule has 3 aromatic rings. The highest BCUT2D eigenvalue weighted by Crippen LogP contribution is 2.34. The quantitative estimate of drug-likeness (QED) is 0.388. The number of nitrogens with zero attached hydrogens (tertiary/aromatic N) is 1. The van der Waals surface area contributed by atoms with Crippen LogP contribution in [0.15, 0.2) is 41.1 Å². The summed E-state index contributed by atoms with van der Waals surface area (Å²) in [5.74, 6) is -1.10. The van der Waals surface area contributed by atoms with Gasteiger partial charge in [0.05, 0.1) is 18.9 Å². The molecule has 0 atom stereocenters. The summed E-state index contributed by atoms with van der Waals surface area (Å²) in [7, 11) is 1.29. The summed E-state index contributed by atoms with van der Waals surface area (Å²) in [5, 5.41) is 0.221. The highest BCUT2D eigenvalue weighted by molar-refractivity contribution is 6.02. The molecule has 7 nitrogen and oxygen atoms in total. The number of aromatic nitrogens is 1. The van der Waals surface area contributed by atoms with Crippen molar-refractivity contribution in [3.05, 3.63) is 48.3 Å². The van der Waals surface area contributed by atoms with E-state index < -0.39 is 23.5 Å². The molecule has 0 amide bonds. The van der Waals surface area contributed by atoms with Gasteiger partial charge in [-0.1, -0.05) is 6.07 Å². The van der Waals surface area contributed by atoms with Crippen LogP contribution in [0.1, 0.15) is 50.6 Å². The number of benzene rings is 1. The number of hydrogen-bond acceptors (Lipinski definition) is 6. The van der Waals surface area contributed by atoms with E-state index in [2.05, 4.69) is 4.74 Å². The molecule has 0 saturated heterocycles. The lowest BCUT2D eigenvalue weighted by Gasteiger charge is -2.19. The van der Waals surface area contributed by atoms with E-state index in [0.29, 0.717) is 23.1 Å². The largest absolute Gasteiger partial charge is 0.469 e. The first-order valence-corrected chi connectivity index (χ1v) is 9.82. The second-order valence-electron chi connectivity index (χ2n) is 8.08. The predicted octanol–water partition coefficient (Wildman–Crippen LogP) is 5.35. The average molecular weight is 429 g/mol. The molecular weight excluding hydrogens is 405 g/mol. The van der Waals surface area contributed by atoms with E-state index in [0.717, 1.165) is 0 Å². The van der Waals surface area contributed by atoms with Gasteiger partial charge in [-0.2, -0.15) is 0 Å². The molecule has 0 fully saturated rings. The summed E-state index contributed by atoms with van der Waals surface area (Å²) in [6, 6.07) is 5.92. The standard InChI is InChI=1S/C23H24FNO6/c1-23(2,3)31-22(28)25-12-15(21-16(24)7-5-8-17(21)25)14-11-19(30-13-14)18(26)9-6-10-20(27)29-4/h5,7-8,11-13H,6,9-10H2,1-4H3. The van der Waals surface area contributed by atoms with Gasteiger partial charge < -0.3 is 13.9 Å². The van der Waals surface area contributed by atoms with Gasteiger partial charge >= 0.3 is 12.1 Å². The lowest BCUT2D eigenvalue weighted by atomic mass is 10.1. The van der Waals surface area contributed by atoms with Gasteiger partial charge in [-0.25, -0.2) is 9.18 Å². The zero-order valence-corrected chi connectivity index (χ0v) is 17.9. The van der Waals surface area contributed by atoms with Gasteiger partial charge in [0.15, 0.2) is 11.5 Å². The maximum Gasteiger partial charge on any atom is 0.419 e. The minimum Gasteiger partial charge on any atom is -0.469 e. The molecule has 8 heteroatoms. The number of esters is 1. The van der Waals surface area contributed by atoms with Crippen molar-refractivity contribution < 1.29 is 32.7 Å². The first-order valence-electron chi connectivity index (χ1n) is 9.82. The Balaban J connectivity index is 1.92. The molecule has 0 radical (unpaired) electrons. The highest BCUT2D eigenvalue weighted by Gasteiger charge is 2.24. The summed E-state index contributed by atoms with van der Waals surface area (Å²) < 4.78 is 31.3. The third kappa shape index (κ3) is 5.02. The van der Waals surface area contributed by atoms with Crippen LogP contribution in [-0.2, 0) is 14.3 Å². The molecule has 1 aromatic carbocycles. The molecule has 0 saturated carbocycles. The van der Waals surface area contributed by atoms with Gasteiger partial charge in [0, 0.05) is 35.6 Å². The Labute approximate surface area is 178 Å². The number of ether oxygens (including phenoxy) is 2. The van der Waals surface area contributed by atoms with Crippen molar-refractivity contribution in [3.8, 4) is 11.1 Å². The zero-order chi connectivity index (χ0) is 22.8. The number of rotatable bonds is 6. The van der Waals surface area contributed by atoms with Crippen molar-refractivity contribution in [2.45, 2.75) is 45.6 Å². The Bertz CT molecular complexity index is 1130. The Hall–Kier alpha value is -3.42. The molecule has 0 bridgehead atoms. The number of fused-ring (bicyclic) bond motifs is 1. The smallest absolute Gasteiger partial charge is 0.419 e. The van der Waals surface area contributed by atoms with Crippen LogP contribution in [0.25, 0.3) is 22.0 Å². The number of ketones is 1. The van der Waals surface area contributed by atoms with E-state index in [-0.39, 0.29) is 29.8 Å². The molecule has 31 heavy (non-hydrogen) atoms. The molecule has 0 aliphatic heterocycles. The second-order valence-corrected chi connectivity index (χ2v) is 8.08. The van der Waals surface area contributed by atoms with E-state index in [4.69, 9.17) is 9.15 Å². The maximum absolute atomic E-state index is 14.7. The zero-order valence-electron chi connectivity index (χ0n) is 17.9. The minimum atomic E-state index is -0.722. The summed E-state index contributed by atoms with van der Waals surface area (Å²) in [6.07, 6.45) is 2.73. The molecule has 0 aliphatic rings. The van der Waals surface area contributed by atoms with E-state index >= 15 is 0 Å². The van der Waals surface area contributed by atoms with Gasteiger partial charge in [-0.3, -0.25) is 14.2 Å². The monoisotopic (exact) mass is 429 g/mol. The number of methoxy groups -OCH3 is 1. The molecule has 0 spiro atoms. The van der Waals surface area contributed by atoms with Crippen molar-refractivity contribution >= 4 is 28.7 Å². The van der Waals surface area contributed by atoms with Crippen LogP contribution >= 0.6 is 0 Å². The fraction of sp³-hybridized carbons (Fsp3) is 0.348. The second kappa shape index (κ2) is 8.75. The lowest BCUT2D eigenvalue weighted by Crippen LogP contribution is -2.26. The van der Waals surface area contributed by atoms with Crippen molar-refractivity contribution in [2.75, 3.05) is 7.11 Å². The number of carbonyl (C=O) groups is 3. The first-order chi connectivity index (χ1) is 14.6. The maximum atomic E-state index is 14.7. The minimum absolute atomic E-state index is 0.0920. The van der Waals surface area contributed by atoms with Crippen LogP contribution in [0.4, 0.5) is 9.18 Å². The summed E-state index contributed by atoms with van der Waals surface area (Å²) >= 11 is 0. The Morgan fingerprint density at radius 2 is 1.90 bits per heavy atom. The van der Waals surface area contributed by atoms with E-state index in [1.165, 1.54) is 42.3 Å². The van der Waals surface area contributed by atoms with E-state index in [9.17, 15) is 18.8 Å². The van der Waals surface area contributed by atoms with Gasteiger partial charge in [-0.05, 0) is 45.4 Å². The van der Waals surface area contributed by atoms with Crippen LogP contribution in [0.2, 0.25) is 0 Å².